The van der Waals surface area contributed by atoms with E-state index in [0.29, 0.717) is 17.7 Å². The van der Waals surface area contributed by atoms with Crippen molar-refractivity contribution in [3.05, 3.63) is 90.2 Å². The molecule has 0 bridgehead atoms. The molecule has 0 aliphatic rings. The molecule has 0 saturated heterocycles. The van der Waals surface area contributed by atoms with Crippen molar-refractivity contribution in [2.75, 3.05) is 18.0 Å². The van der Waals surface area contributed by atoms with Gasteiger partial charge in [0.1, 0.15) is 24.2 Å². The third kappa shape index (κ3) is 7.57. The molecule has 1 N–H and O–H groups in total. The Morgan fingerprint density at radius 2 is 1.64 bits per heavy atom. The molecule has 3 aromatic rings. The van der Waals surface area contributed by atoms with Crippen LogP contribution in [0.3, 0.4) is 0 Å². The smallest absolute Gasteiger partial charge is 0.264 e. The Hall–Kier alpha value is -3.92. The minimum absolute atomic E-state index is 0.0222. The van der Waals surface area contributed by atoms with Crippen molar-refractivity contribution in [2.24, 2.45) is 0 Å². The van der Waals surface area contributed by atoms with E-state index in [-0.39, 0.29) is 29.1 Å². The topological polar surface area (TPSA) is 96.0 Å². The summed E-state index contributed by atoms with van der Waals surface area (Å²) in [6, 6.07) is 18.6. The van der Waals surface area contributed by atoms with Gasteiger partial charge in [-0.05, 0) is 74.4 Å². The van der Waals surface area contributed by atoms with Crippen molar-refractivity contribution in [2.45, 2.75) is 50.7 Å². The lowest BCUT2D eigenvalue weighted by Crippen LogP contribution is -2.53. The van der Waals surface area contributed by atoms with Crippen molar-refractivity contribution >= 4 is 27.5 Å². The number of halogens is 1. The molecule has 10 heteroatoms. The fourth-order valence-electron chi connectivity index (χ4n) is 4.12. The summed E-state index contributed by atoms with van der Waals surface area (Å²) in [6.45, 7) is 4.87. The number of ether oxygens (including phenoxy) is 1. The zero-order chi connectivity index (χ0) is 28.6. The van der Waals surface area contributed by atoms with Gasteiger partial charge < -0.3 is 15.0 Å². The number of anilines is 1. The first-order valence-electron chi connectivity index (χ1n) is 12.6. The molecule has 0 spiro atoms. The molecule has 0 radical (unpaired) electrons. The van der Waals surface area contributed by atoms with Crippen molar-refractivity contribution < 1.29 is 27.1 Å². The number of hydrogen-bond acceptors (Lipinski definition) is 5. The molecule has 0 saturated carbocycles. The van der Waals surface area contributed by atoms with Crippen LogP contribution in [0, 0.1) is 5.82 Å². The fraction of sp³-hybridized carbons (Fsp3) is 0.310. The molecule has 8 nitrogen and oxygen atoms in total. The fourth-order valence-corrected chi connectivity index (χ4v) is 5.56. The van der Waals surface area contributed by atoms with Gasteiger partial charge in [-0.1, -0.05) is 37.3 Å². The predicted octanol–water partition coefficient (Wildman–Crippen LogP) is 4.36. The number of amides is 2. The summed E-state index contributed by atoms with van der Waals surface area (Å²) in [6.07, 6.45) is 0.302. The standard InChI is InChI=1S/C29H34FN3O5S/c1-5-27(29(35)31-21(2)3)32(19-22-10-9-11-25(18-22)38-4)28(34)20-33(24-16-14-23(30)15-17-24)39(36,37)26-12-7-6-8-13-26/h6-18,21,27H,5,19-20H2,1-4H3,(H,31,35)/t27-/m1/s1. The number of nitrogens with one attached hydrogen (secondary N) is 1. The van der Waals surface area contributed by atoms with E-state index in [1.165, 1.54) is 36.3 Å². The van der Waals surface area contributed by atoms with Gasteiger partial charge in [0.05, 0.1) is 17.7 Å². The first kappa shape index (κ1) is 29.6. The minimum Gasteiger partial charge on any atom is -0.497 e. The van der Waals surface area contributed by atoms with Gasteiger partial charge in [0, 0.05) is 12.6 Å². The number of carbonyl (C=O) groups excluding carboxylic acids is 2. The monoisotopic (exact) mass is 555 g/mol. The lowest BCUT2D eigenvalue weighted by Gasteiger charge is -2.33. The van der Waals surface area contributed by atoms with E-state index in [4.69, 9.17) is 4.74 Å². The number of benzene rings is 3. The second-order valence-corrected chi connectivity index (χ2v) is 11.1. The molecule has 0 heterocycles. The van der Waals surface area contributed by atoms with Crippen LogP contribution in [-0.2, 0) is 26.2 Å². The van der Waals surface area contributed by atoms with Crippen molar-refractivity contribution in [1.29, 1.82) is 0 Å². The molecule has 1 atom stereocenters. The minimum atomic E-state index is -4.21. The molecule has 3 aromatic carbocycles. The van der Waals surface area contributed by atoms with E-state index < -0.39 is 34.3 Å². The zero-order valence-electron chi connectivity index (χ0n) is 22.5. The Balaban J connectivity index is 2.05. The second kappa shape index (κ2) is 13.2. The number of sulfonamides is 1. The zero-order valence-corrected chi connectivity index (χ0v) is 23.3. The molecule has 208 valence electrons. The molecule has 3 rings (SSSR count). The molecule has 39 heavy (non-hydrogen) atoms. The number of methoxy groups -OCH3 is 1. The highest BCUT2D eigenvalue weighted by atomic mass is 32.2. The van der Waals surface area contributed by atoms with Crippen molar-refractivity contribution in [3.63, 3.8) is 0 Å². The van der Waals surface area contributed by atoms with Crippen LogP contribution in [0.5, 0.6) is 5.75 Å². The van der Waals surface area contributed by atoms with E-state index in [0.717, 1.165) is 16.4 Å². The van der Waals surface area contributed by atoms with Crippen LogP contribution >= 0.6 is 0 Å². The van der Waals surface area contributed by atoms with E-state index in [2.05, 4.69) is 5.32 Å². The summed E-state index contributed by atoms with van der Waals surface area (Å²) in [5.74, 6) is -0.896. The first-order chi connectivity index (χ1) is 18.6. The average Bonchev–Trinajstić information content (AvgIpc) is 2.92. The Morgan fingerprint density at radius 1 is 0.974 bits per heavy atom. The SMILES string of the molecule is CC[C@H](C(=O)NC(C)C)N(Cc1cccc(OC)c1)C(=O)CN(c1ccc(F)cc1)S(=O)(=O)c1ccccc1. The predicted molar refractivity (Wildman–Crippen MR) is 148 cm³/mol. The Bertz CT molecular complexity index is 1370. The van der Waals surface area contributed by atoms with Gasteiger partial charge in [-0.25, -0.2) is 12.8 Å². The molecule has 0 aromatic heterocycles. The summed E-state index contributed by atoms with van der Waals surface area (Å²) in [7, 11) is -2.68. The van der Waals surface area contributed by atoms with Gasteiger partial charge in [-0.3, -0.25) is 13.9 Å². The lowest BCUT2D eigenvalue weighted by molar-refractivity contribution is -0.140. The Labute approximate surface area is 229 Å². The van der Waals surface area contributed by atoms with Crippen LogP contribution in [-0.4, -0.2) is 50.9 Å². The first-order valence-corrected chi connectivity index (χ1v) is 14.1. The van der Waals surface area contributed by atoms with Gasteiger partial charge in [-0.2, -0.15) is 0 Å². The summed E-state index contributed by atoms with van der Waals surface area (Å²) < 4.78 is 47.4. The van der Waals surface area contributed by atoms with Gasteiger partial charge in [0.15, 0.2) is 0 Å². The maximum atomic E-state index is 14.0. The van der Waals surface area contributed by atoms with Crippen LogP contribution < -0.4 is 14.4 Å². The third-order valence-corrected chi connectivity index (χ3v) is 7.82. The van der Waals surface area contributed by atoms with Gasteiger partial charge in [-0.15, -0.1) is 0 Å². The summed E-state index contributed by atoms with van der Waals surface area (Å²) in [4.78, 5) is 28.5. The Kier molecular flexibility index (Phi) is 10.1. The highest BCUT2D eigenvalue weighted by Crippen LogP contribution is 2.25. The van der Waals surface area contributed by atoms with Crippen LogP contribution in [0.25, 0.3) is 0 Å². The third-order valence-electron chi connectivity index (χ3n) is 6.03. The van der Waals surface area contributed by atoms with Gasteiger partial charge in [0.25, 0.3) is 10.0 Å². The summed E-state index contributed by atoms with van der Waals surface area (Å²) >= 11 is 0. The normalized spacial score (nSPS) is 12.1. The Morgan fingerprint density at radius 3 is 2.23 bits per heavy atom. The van der Waals surface area contributed by atoms with Crippen LogP contribution in [0.15, 0.2) is 83.8 Å². The summed E-state index contributed by atoms with van der Waals surface area (Å²) in [5, 5.41) is 2.85. The number of carbonyl (C=O) groups is 2. The number of rotatable bonds is 12. The van der Waals surface area contributed by atoms with Crippen molar-refractivity contribution in [1.82, 2.24) is 10.2 Å². The average molecular weight is 556 g/mol. The second-order valence-electron chi connectivity index (χ2n) is 9.26. The molecular weight excluding hydrogens is 521 g/mol. The molecule has 0 fully saturated rings. The highest BCUT2D eigenvalue weighted by molar-refractivity contribution is 7.92. The molecule has 0 unspecified atom stereocenters. The van der Waals surface area contributed by atoms with E-state index in [9.17, 15) is 22.4 Å². The maximum Gasteiger partial charge on any atom is 0.264 e. The molecule has 0 aliphatic carbocycles. The van der Waals surface area contributed by atoms with E-state index in [1.807, 2.05) is 13.8 Å². The molecule has 0 aliphatic heterocycles. The van der Waals surface area contributed by atoms with Gasteiger partial charge >= 0.3 is 0 Å². The van der Waals surface area contributed by atoms with Crippen LogP contribution in [0.1, 0.15) is 32.8 Å². The highest BCUT2D eigenvalue weighted by Gasteiger charge is 2.33. The summed E-state index contributed by atoms with van der Waals surface area (Å²) in [5.41, 5.74) is 0.826. The van der Waals surface area contributed by atoms with Crippen molar-refractivity contribution in [3.8, 4) is 5.75 Å². The number of hydrogen-bond donors (Lipinski definition) is 1. The molecular formula is C29H34FN3O5S. The largest absolute Gasteiger partial charge is 0.497 e. The lowest BCUT2D eigenvalue weighted by atomic mass is 10.1. The quantitative estimate of drug-likeness (QED) is 0.358. The van der Waals surface area contributed by atoms with Gasteiger partial charge in [0.2, 0.25) is 11.8 Å². The maximum absolute atomic E-state index is 14.0. The van der Waals surface area contributed by atoms with Crippen LogP contribution in [0.4, 0.5) is 10.1 Å². The molecule has 2 amide bonds. The van der Waals surface area contributed by atoms with E-state index >= 15 is 0 Å². The van der Waals surface area contributed by atoms with Crippen LogP contribution in [0.2, 0.25) is 0 Å². The van der Waals surface area contributed by atoms with E-state index in [1.54, 1.807) is 49.4 Å². The number of nitrogens with zero attached hydrogens (tertiary/aromatic N) is 2.